The Labute approximate surface area is 145 Å². The quantitative estimate of drug-likeness (QED) is 0.429. The molecule has 0 bridgehead atoms. The first-order chi connectivity index (χ1) is 11.4. The van der Waals surface area contributed by atoms with Crippen molar-refractivity contribution in [2.45, 2.75) is 6.92 Å². The fourth-order valence-corrected chi connectivity index (χ4v) is 2.57. The van der Waals surface area contributed by atoms with E-state index in [4.69, 9.17) is 28.0 Å². The summed E-state index contributed by atoms with van der Waals surface area (Å²) in [7, 11) is 0. The first-order valence-corrected chi connectivity index (χ1v) is 7.68. The molecule has 0 atom stereocenters. The lowest BCUT2D eigenvalue weighted by atomic mass is 10.2. The van der Waals surface area contributed by atoms with Gasteiger partial charge >= 0.3 is 0 Å². The summed E-state index contributed by atoms with van der Waals surface area (Å²) in [5.41, 5.74) is 9.29. The number of nitriles is 1. The van der Waals surface area contributed by atoms with Gasteiger partial charge in [-0.25, -0.2) is 0 Å². The summed E-state index contributed by atoms with van der Waals surface area (Å²) in [4.78, 5) is 15.3. The number of piperazine rings is 1. The van der Waals surface area contributed by atoms with E-state index in [1.165, 1.54) is 0 Å². The summed E-state index contributed by atoms with van der Waals surface area (Å²) in [6, 6.07) is 7.05. The van der Waals surface area contributed by atoms with Crippen LogP contribution < -0.4 is 16.1 Å². The highest BCUT2D eigenvalue weighted by Crippen LogP contribution is 2.30. The van der Waals surface area contributed by atoms with Crippen molar-refractivity contribution in [1.82, 2.24) is 4.90 Å². The van der Waals surface area contributed by atoms with Crippen LogP contribution in [0.3, 0.4) is 0 Å². The number of amidine groups is 1. The normalized spacial score (nSPS) is 15.0. The molecule has 1 aliphatic heterocycles. The SMILES string of the molecule is CC(=O)N1CCN(c2ccc(Cl)cc2N/N=C(\C#N)C(=N)N)CC1. The third-order valence-corrected chi connectivity index (χ3v) is 3.91. The number of anilines is 2. The second-order valence-corrected chi connectivity index (χ2v) is 5.69. The number of hydrazone groups is 1. The van der Waals surface area contributed by atoms with Crippen LogP contribution in [0.4, 0.5) is 11.4 Å². The van der Waals surface area contributed by atoms with E-state index in [-0.39, 0.29) is 11.6 Å². The fourth-order valence-electron chi connectivity index (χ4n) is 2.40. The summed E-state index contributed by atoms with van der Waals surface area (Å²) in [5.74, 6) is -0.350. The Kier molecular flexibility index (Phi) is 5.60. The first-order valence-electron chi connectivity index (χ1n) is 7.30. The van der Waals surface area contributed by atoms with Crippen LogP contribution in [0.15, 0.2) is 23.3 Å². The lowest BCUT2D eigenvalue weighted by molar-refractivity contribution is -0.129. The van der Waals surface area contributed by atoms with Gasteiger partial charge in [0, 0.05) is 38.1 Å². The zero-order valence-electron chi connectivity index (χ0n) is 13.2. The molecule has 0 spiro atoms. The second-order valence-electron chi connectivity index (χ2n) is 5.25. The number of carbonyl (C=O) groups is 1. The van der Waals surface area contributed by atoms with E-state index < -0.39 is 5.84 Å². The Bertz CT molecular complexity index is 717. The molecule has 1 saturated heterocycles. The summed E-state index contributed by atoms with van der Waals surface area (Å²) in [6.45, 7) is 4.19. The van der Waals surface area contributed by atoms with Gasteiger partial charge in [0.15, 0.2) is 5.84 Å². The highest BCUT2D eigenvalue weighted by molar-refractivity contribution is 6.45. The minimum atomic E-state index is -0.413. The Morgan fingerprint density at radius 1 is 1.42 bits per heavy atom. The summed E-state index contributed by atoms with van der Waals surface area (Å²) >= 11 is 6.04. The van der Waals surface area contributed by atoms with Crippen LogP contribution in [0, 0.1) is 16.7 Å². The number of hydrogen-bond acceptors (Lipinski definition) is 6. The molecule has 1 aromatic carbocycles. The smallest absolute Gasteiger partial charge is 0.219 e. The van der Waals surface area contributed by atoms with Crippen LogP contribution in [0.5, 0.6) is 0 Å². The Morgan fingerprint density at radius 3 is 2.62 bits per heavy atom. The number of hydrogen-bond donors (Lipinski definition) is 3. The van der Waals surface area contributed by atoms with E-state index in [0.29, 0.717) is 36.9 Å². The van der Waals surface area contributed by atoms with E-state index in [2.05, 4.69) is 15.4 Å². The highest BCUT2D eigenvalue weighted by atomic mass is 35.5. The van der Waals surface area contributed by atoms with E-state index in [1.807, 2.05) is 6.07 Å². The molecule has 0 aliphatic carbocycles. The van der Waals surface area contributed by atoms with Crippen LogP contribution in [0.1, 0.15) is 6.92 Å². The molecule has 24 heavy (non-hydrogen) atoms. The van der Waals surface area contributed by atoms with E-state index in [0.717, 1.165) is 5.69 Å². The number of rotatable bonds is 4. The minimum absolute atomic E-state index is 0.0637. The van der Waals surface area contributed by atoms with Gasteiger partial charge in [-0.1, -0.05) is 11.6 Å². The van der Waals surface area contributed by atoms with Crippen molar-refractivity contribution in [3.8, 4) is 6.07 Å². The maximum absolute atomic E-state index is 11.4. The predicted molar refractivity (Wildman–Crippen MR) is 94.5 cm³/mol. The van der Waals surface area contributed by atoms with Gasteiger partial charge in [-0.15, -0.1) is 0 Å². The number of nitrogens with two attached hydrogens (primary N) is 1. The molecular weight excluding hydrogens is 330 g/mol. The lowest BCUT2D eigenvalue weighted by Crippen LogP contribution is -2.48. The molecule has 0 radical (unpaired) electrons. The molecule has 2 rings (SSSR count). The van der Waals surface area contributed by atoms with Gasteiger partial charge in [0.1, 0.15) is 6.07 Å². The van der Waals surface area contributed by atoms with E-state index >= 15 is 0 Å². The van der Waals surface area contributed by atoms with Gasteiger partial charge in [0.25, 0.3) is 0 Å². The van der Waals surface area contributed by atoms with Gasteiger partial charge in [-0.05, 0) is 18.2 Å². The third kappa shape index (κ3) is 4.14. The number of carbonyl (C=O) groups excluding carboxylic acids is 1. The molecule has 1 heterocycles. The molecule has 1 fully saturated rings. The fraction of sp³-hybridized carbons (Fsp3) is 0.333. The van der Waals surface area contributed by atoms with Crippen molar-refractivity contribution >= 4 is 40.4 Å². The van der Waals surface area contributed by atoms with Gasteiger partial charge in [0.05, 0.1) is 11.4 Å². The maximum Gasteiger partial charge on any atom is 0.219 e. The standard InChI is InChI=1S/C15H18ClN7O/c1-10(24)22-4-6-23(7-5-22)14-3-2-11(16)8-12(14)20-21-13(9-17)15(18)19/h2-3,8,20H,4-7H2,1H3,(H3,18,19)/b21-13+. The number of nitrogens with zero attached hydrogens (tertiary/aromatic N) is 4. The van der Waals surface area contributed by atoms with Crippen molar-refractivity contribution < 1.29 is 4.79 Å². The Balaban J connectivity index is 2.21. The monoisotopic (exact) mass is 347 g/mol. The first kappa shape index (κ1) is 17.6. The van der Waals surface area contributed by atoms with E-state index in [1.54, 1.807) is 30.0 Å². The van der Waals surface area contributed by atoms with Crippen molar-refractivity contribution in [1.29, 1.82) is 10.7 Å². The largest absolute Gasteiger partial charge is 0.382 e. The van der Waals surface area contributed by atoms with Gasteiger partial charge in [0.2, 0.25) is 11.6 Å². The summed E-state index contributed by atoms with van der Waals surface area (Å²) in [5, 5.41) is 20.6. The lowest BCUT2D eigenvalue weighted by Gasteiger charge is -2.36. The molecule has 0 unspecified atom stereocenters. The average Bonchev–Trinajstić information content (AvgIpc) is 2.55. The number of amides is 1. The van der Waals surface area contributed by atoms with Crippen LogP contribution >= 0.6 is 11.6 Å². The van der Waals surface area contributed by atoms with Crippen LogP contribution in [0.2, 0.25) is 5.02 Å². The third-order valence-electron chi connectivity index (χ3n) is 3.67. The highest BCUT2D eigenvalue weighted by Gasteiger charge is 2.20. The molecule has 1 amide bonds. The molecule has 9 heteroatoms. The maximum atomic E-state index is 11.4. The Hall–Kier alpha value is -2.79. The van der Waals surface area contributed by atoms with Crippen molar-refractivity contribution in [3.05, 3.63) is 23.2 Å². The van der Waals surface area contributed by atoms with Crippen LogP contribution in [-0.4, -0.2) is 48.5 Å². The number of nitrogens with one attached hydrogen (secondary N) is 2. The zero-order valence-corrected chi connectivity index (χ0v) is 14.0. The molecule has 0 saturated carbocycles. The molecule has 0 aromatic heterocycles. The molecule has 1 aromatic rings. The molecule has 8 nitrogen and oxygen atoms in total. The number of halogens is 1. The second kappa shape index (κ2) is 7.66. The van der Waals surface area contributed by atoms with Crippen LogP contribution in [-0.2, 0) is 4.79 Å². The number of benzene rings is 1. The van der Waals surface area contributed by atoms with Crippen molar-refractivity contribution in [3.63, 3.8) is 0 Å². The van der Waals surface area contributed by atoms with Gasteiger partial charge in [-0.2, -0.15) is 10.4 Å². The molecular formula is C15H18ClN7O. The summed E-state index contributed by atoms with van der Waals surface area (Å²) < 4.78 is 0. The van der Waals surface area contributed by atoms with Gasteiger partial charge < -0.3 is 15.5 Å². The Morgan fingerprint density at radius 2 is 2.08 bits per heavy atom. The van der Waals surface area contributed by atoms with Crippen LogP contribution in [0.25, 0.3) is 0 Å². The predicted octanol–water partition coefficient (Wildman–Crippen LogP) is 1.24. The molecule has 4 N–H and O–H groups in total. The molecule has 126 valence electrons. The van der Waals surface area contributed by atoms with Gasteiger partial charge in [-0.3, -0.25) is 15.6 Å². The van der Waals surface area contributed by atoms with Crippen molar-refractivity contribution in [2.75, 3.05) is 36.5 Å². The average molecular weight is 348 g/mol. The zero-order chi connectivity index (χ0) is 17.7. The van der Waals surface area contributed by atoms with E-state index in [9.17, 15) is 4.79 Å². The minimum Gasteiger partial charge on any atom is -0.382 e. The van der Waals surface area contributed by atoms with Crippen molar-refractivity contribution in [2.24, 2.45) is 10.8 Å². The summed E-state index contributed by atoms with van der Waals surface area (Å²) in [6.07, 6.45) is 0. The topological polar surface area (TPSA) is 122 Å². The molecule has 1 aliphatic rings.